The Hall–Kier alpha value is -6.24. The molecule has 2 aromatic heterocycles. The normalized spacial score (nSPS) is 11.6. The molecule has 300 valence electrons. The van der Waals surface area contributed by atoms with E-state index in [2.05, 4.69) is 229 Å². The summed E-state index contributed by atoms with van der Waals surface area (Å²) in [4.78, 5) is 14.5. The summed E-state index contributed by atoms with van der Waals surface area (Å²) in [5, 5.41) is 0. The first-order valence-electron chi connectivity index (χ1n) is 21.3. The highest BCUT2D eigenvalue weighted by molar-refractivity contribution is 6.81. The van der Waals surface area contributed by atoms with Gasteiger partial charge in [0, 0.05) is 22.3 Å². The van der Waals surface area contributed by atoms with Crippen LogP contribution in [0.5, 0.6) is 0 Å². The zero-order chi connectivity index (χ0) is 42.2. The van der Waals surface area contributed by atoms with Crippen molar-refractivity contribution in [2.24, 2.45) is 0 Å². The number of rotatable bonds is 11. The van der Waals surface area contributed by atoms with Crippen molar-refractivity contribution in [3.05, 3.63) is 179 Å². The molecule has 0 saturated carbocycles. The van der Waals surface area contributed by atoms with Crippen molar-refractivity contribution in [2.45, 2.75) is 81.3 Å². The van der Waals surface area contributed by atoms with Crippen molar-refractivity contribution in [3.8, 4) is 56.4 Å². The van der Waals surface area contributed by atoms with Crippen LogP contribution in [-0.4, -0.2) is 42.8 Å². The highest BCUT2D eigenvalue weighted by Gasteiger charge is 2.43. The molecule has 0 unspecified atom stereocenters. The van der Waals surface area contributed by atoms with E-state index in [-0.39, 0.29) is 12.1 Å². The molecule has 0 aliphatic rings. The number of nitrogens with zero attached hydrogens (tertiary/aromatic N) is 5. The summed E-state index contributed by atoms with van der Waals surface area (Å²) < 4.78 is 4.98. The second-order valence-electron chi connectivity index (χ2n) is 17.0. The van der Waals surface area contributed by atoms with Gasteiger partial charge >= 0.3 is 6.85 Å². The van der Waals surface area contributed by atoms with Crippen molar-refractivity contribution in [1.29, 1.82) is 0 Å². The summed E-state index contributed by atoms with van der Waals surface area (Å²) in [6.45, 7) is 22.2. The summed E-state index contributed by atoms with van der Waals surface area (Å²) in [6, 6.07) is 52.5. The Bertz CT molecular complexity index is 2530. The first-order chi connectivity index (χ1) is 28.9. The SMILES string of the molecule is Cc1cc(C)c(-n2c(B(c3nc(-c4ccccc4)c(-c4ccccc4)n3-c3c(C)cc(C)cc3C)N(C(C)C)C(C)C)nc(-c3ccccc3)c2-c2ccccc2)c(C)c1. The molecule has 0 fully saturated rings. The molecule has 0 N–H and O–H groups in total. The number of aryl methyl sites for hydroxylation is 6. The summed E-state index contributed by atoms with van der Waals surface area (Å²) in [5.41, 5.74) is 19.8. The van der Waals surface area contributed by atoms with E-state index in [1.807, 2.05) is 0 Å². The maximum atomic E-state index is 5.95. The first-order valence-corrected chi connectivity index (χ1v) is 21.3. The third-order valence-corrected chi connectivity index (χ3v) is 11.7. The number of hydrogen-bond acceptors (Lipinski definition) is 3. The molecule has 0 aliphatic carbocycles. The zero-order valence-corrected chi connectivity index (χ0v) is 36.8. The lowest BCUT2D eigenvalue weighted by Gasteiger charge is -2.36. The van der Waals surface area contributed by atoms with E-state index in [0.29, 0.717) is 0 Å². The van der Waals surface area contributed by atoms with Crippen molar-refractivity contribution >= 4 is 18.3 Å². The van der Waals surface area contributed by atoms with Crippen LogP contribution in [0.15, 0.2) is 146 Å². The smallest absolute Gasteiger partial charge is 0.325 e. The fourth-order valence-corrected chi connectivity index (χ4v) is 9.64. The minimum Gasteiger partial charge on any atom is -0.325 e. The average Bonchev–Trinajstić information content (AvgIpc) is 3.80. The van der Waals surface area contributed by atoms with Gasteiger partial charge in [-0.2, -0.15) is 0 Å². The van der Waals surface area contributed by atoms with Crippen LogP contribution in [0.1, 0.15) is 61.1 Å². The van der Waals surface area contributed by atoms with Gasteiger partial charge in [-0.15, -0.1) is 0 Å². The fourth-order valence-electron chi connectivity index (χ4n) is 9.64. The topological polar surface area (TPSA) is 38.9 Å². The van der Waals surface area contributed by atoms with Crippen molar-refractivity contribution < 1.29 is 0 Å². The molecule has 0 bridgehead atoms. The van der Waals surface area contributed by atoms with Crippen LogP contribution < -0.4 is 11.4 Å². The molecule has 8 aromatic rings. The molecule has 6 heteroatoms. The van der Waals surface area contributed by atoms with Crippen LogP contribution in [0.4, 0.5) is 0 Å². The minimum absolute atomic E-state index is 0.131. The van der Waals surface area contributed by atoms with Crippen LogP contribution in [0.3, 0.4) is 0 Å². The number of imidazole rings is 2. The Morgan fingerprint density at radius 2 is 0.700 bits per heavy atom. The van der Waals surface area contributed by atoms with Crippen molar-refractivity contribution in [2.75, 3.05) is 0 Å². The first kappa shape index (κ1) is 40.5. The lowest BCUT2D eigenvalue weighted by atomic mass is 9.56. The van der Waals surface area contributed by atoms with Crippen molar-refractivity contribution in [1.82, 2.24) is 23.9 Å². The predicted octanol–water partition coefficient (Wildman–Crippen LogP) is 11.8. The van der Waals surface area contributed by atoms with Gasteiger partial charge in [-0.3, -0.25) is 0 Å². The second kappa shape index (κ2) is 16.8. The van der Waals surface area contributed by atoms with Crippen LogP contribution in [0, 0.1) is 41.5 Å². The molecule has 2 heterocycles. The van der Waals surface area contributed by atoms with E-state index in [1.54, 1.807) is 0 Å². The van der Waals surface area contributed by atoms with E-state index in [0.717, 1.165) is 67.9 Å². The van der Waals surface area contributed by atoms with E-state index >= 15 is 0 Å². The minimum atomic E-state index is -0.398. The molecule has 0 saturated heterocycles. The Kier molecular flexibility index (Phi) is 11.3. The third-order valence-electron chi connectivity index (χ3n) is 11.7. The van der Waals surface area contributed by atoms with E-state index < -0.39 is 6.85 Å². The Morgan fingerprint density at radius 1 is 0.417 bits per heavy atom. The molecular formula is C54H56BN5. The van der Waals surface area contributed by atoms with Gasteiger partial charge in [-0.25, -0.2) is 9.97 Å². The summed E-state index contributed by atoms with van der Waals surface area (Å²) in [5.74, 6) is 0. The van der Waals surface area contributed by atoms with Gasteiger partial charge < -0.3 is 13.9 Å². The Labute approximate surface area is 357 Å². The average molecular weight is 786 g/mol. The summed E-state index contributed by atoms with van der Waals surface area (Å²) >= 11 is 0. The number of benzene rings is 6. The second-order valence-corrected chi connectivity index (χ2v) is 17.0. The Balaban J connectivity index is 1.62. The fraction of sp³-hybridized carbons (Fsp3) is 0.222. The highest BCUT2D eigenvalue weighted by Crippen LogP contribution is 2.38. The van der Waals surface area contributed by atoms with Gasteiger partial charge in [0.15, 0.2) is 0 Å². The summed E-state index contributed by atoms with van der Waals surface area (Å²) in [7, 11) is 0. The molecular weight excluding hydrogens is 729 g/mol. The quantitative estimate of drug-likeness (QED) is 0.123. The summed E-state index contributed by atoms with van der Waals surface area (Å²) in [6.07, 6.45) is 0. The molecule has 5 nitrogen and oxygen atoms in total. The van der Waals surface area contributed by atoms with Gasteiger partial charge in [-0.05, 0) is 75.9 Å². The number of hydrogen-bond donors (Lipinski definition) is 0. The van der Waals surface area contributed by atoms with Crippen LogP contribution in [-0.2, 0) is 0 Å². The van der Waals surface area contributed by atoms with Crippen LogP contribution in [0.2, 0.25) is 0 Å². The molecule has 0 radical (unpaired) electrons. The predicted molar refractivity (Wildman–Crippen MR) is 254 cm³/mol. The molecule has 0 aliphatic heterocycles. The van der Waals surface area contributed by atoms with Gasteiger partial charge in [-0.1, -0.05) is 184 Å². The van der Waals surface area contributed by atoms with E-state index in [4.69, 9.17) is 9.97 Å². The largest absolute Gasteiger partial charge is 0.379 e. The van der Waals surface area contributed by atoms with Crippen LogP contribution >= 0.6 is 0 Å². The van der Waals surface area contributed by atoms with Crippen molar-refractivity contribution in [3.63, 3.8) is 0 Å². The Morgan fingerprint density at radius 3 is 0.983 bits per heavy atom. The maximum absolute atomic E-state index is 5.95. The molecule has 6 aromatic carbocycles. The van der Waals surface area contributed by atoms with E-state index in [9.17, 15) is 0 Å². The van der Waals surface area contributed by atoms with Crippen LogP contribution in [0.25, 0.3) is 56.4 Å². The number of aromatic nitrogens is 4. The molecule has 0 amide bonds. The molecule has 8 rings (SSSR count). The highest BCUT2D eigenvalue weighted by atomic mass is 15.2. The van der Waals surface area contributed by atoms with Gasteiger partial charge in [0.1, 0.15) is 11.4 Å². The third kappa shape index (κ3) is 7.46. The van der Waals surface area contributed by atoms with Gasteiger partial charge in [0.05, 0.1) is 34.2 Å². The van der Waals surface area contributed by atoms with E-state index in [1.165, 1.54) is 33.4 Å². The molecule has 0 spiro atoms. The van der Waals surface area contributed by atoms with Gasteiger partial charge in [0.25, 0.3) is 0 Å². The van der Waals surface area contributed by atoms with Gasteiger partial charge in [0.2, 0.25) is 0 Å². The maximum Gasteiger partial charge on any atom is 0.379 e. The monoisotopic (exact) mass is 785 g/mol. The molecule has 0 atom stereocenters. The zero-order valence-electron chi connectivity index (χ0n) is 36.8. The molecule has 60 heavy (non-hydrogen) atoms. The lowest BCUT2D eigenvalue weighted by Crippen LogP contribution is -2.65. The lowest BCUT2D eigenvalue weighted by molar-refractivity contribution is 0.308. The standard InChI is InChI=1S/C54H56BN5/c1-35(2)60(36(3)4)55(53-56-47(43-23-15-11-16-24-43)51(45-27-19-13-20-28-45)58(53)49-39(7)31-37(5)32-40(49)8)54-57-48(44-25-17-12-18-26-44)52(46-29-21-14-22-30-46)59(54)50-41(9)33-38(6)34-42(50)10/h11-36H,1-10H3.